The third kappa shape index (κ3) is 4.60. The first-order chi connectivity index (χ1) is 12.1. The molecule has 0 fully saturated rings. The monoisotopic (exact) mass is 354 g/mol. The van der Waals surface area contributed by atoms with Gasteiger partial charge in [-0.2, -0.15) is 0 Å². The van der Waals surface area contributed by atoms with E-state index < -0.39 is 0 Å². The molecule has 7 heteroatoms. The number of phenolic OH excluding ortho intramolecular Hbond substituents is 1. The lowest BCUT2D eigenvalue weighted by Crippen LogP contribution is -2.14. The van der Waals surface area contributed by atoms with E-state index in [4.69, 9.17) is 0 Å². The Hall–Kier alpha value is -2.80. The minimum atomic E-state index is -0.164. The van der Waals surface area contributed by atoms with Gasteiger partial charge in [0.2, 0.25) is 5.91 Å². The van der Waals surface area contributed by atoms with Crippen LogP contribution < -0.4 is 5.32 Å². The molecule has 3 rings (SSSR count). The first-order valence-electron chi connectivity index (χ1n) is 7.75. The Morgan fingerprint density at radius 1 is 1.16 bits per heavy atom. The number of aromatic hydroxyl groups is 1. The number of rotatable bonds is 6. The van der Waals surface area contributed by atoms with Crippen molar-refractivity contribution in [2.45, 2.75) is 11.6 Å². The fraction of sp³-hybridized carbons (Fsp3) is 0.167. The first-order valence-corrected chi connectivity index (χ1v) is 8.74. The second kappa shape index (κ2) is 7.85. The first kappa shape index (κ1) is 17.0. The van der Waals surface area contributed by atoms with Crippen molar-refractivity contribution in [1.29, 1.82) is 0 Å². The van der Waals surface area contributed by atoms with Crippen molar-refractivity contribution in [1.82, 2.24) is 14.8 Å². The van der Waals surface area contributed by atoms with E-state index in [1.165, 1.54) is 17.8 Å². The van der Waals surface area contributed by atoms with Crippen LogP contribution in [0.5, 0.6) is 5.75 Å². The van der Waals surface area contributed by atoms with Crippen molar-refractivity contribution in [2.75, 3.05) is 11.1 Å². The number of amides is 1. The molecule has 0 unspecified atom stereocenters. The van der Waals surface area contributed by atoms with Crippen LogP contribution in [0.25, 0.3) is 0 Å². The van der Waals surface area contributed by atoms with Crippen LogP contribution in [-0.2, 0) is 18.3 Å². The number of thioether (sulfide) groups is 1. The van der Waals surface area contributed by atoms with Crippen LogP contribution in [0.3, 0.4) is 0 Å². The van der Waals surface area contributed by atoms with Gasteiger partial charge in [-0.1, -0.05) is 48.2 Å². The van der Waals surface area contributed by atoms with E-state index >= 15 is 0 Å². The van der Waals surface area contributed by atoms with Gasteiger partial charge in [0.25, 0.3) is 0 Å². The third-order valence-electron chi connectivity index (χ3n) is 3.59. The molecule has 0 saturated carbocycles. The molecule has 0 aliphatic carbocycles. The predicted molar refractivity (Wildman–Crippen MR) is 97.7 cm³/mol. The summed E-state index contributed by atoms with van der Waals surface area (Å²) in [6, 6.07) is 16.5. The molecular weight excluding hydrogens is 336 g/mol. The third-order valence-corrected chi connectivity index (χ3v) is 4.61. The summed E-state index contributed by atoms with van der Waals surface area (Å²) in [6.07, 6.45) is 0.695. The maximum absolute atomic E-state index is 12.0. The number of carbonyl (C=O) groups is 1. The van der Waals surface area contributed by atoms with E-state index in [-0.39, 0.29) is 17.4 Å². The van der Waals surface area contributed by atoms with Crippen LogP contribution >= 0.6 is 11.8 Å². The van der Waals surface area contributed by atoms with Gasteiger partial charge in [-0.3, -0.25) is 4.79 Å². The van der Waals surface area contributed by atoms with Gasteiger partial charge in [-0.25, -0.2) is 0 Å². The zero-order chi connectivity index (χ0) is 17.6. The largest absolute Gasteiger partial charge is 0.508 e. The molecule has 0 spiro atoms. The Labute approximate surface area is 149 Å². The maximum Gasteiger partial charge on any atom is 0.234 e. The number of hydrogen-bond donors (Lipinski definition) is 2. The van der Waals surface area contributed by atoms with Gasteiger partial charge in [-0.05, 0) is 17.7 Å². The highest BCUT2D eigenvalue weighted by molar-refractivity contribution is 7.99. The minimum absolute atomic E-state index is 0.115. The molecule has 0 radical (unpaired) electrons. The van der Waals surface area contributed by atoms with Crippen LogP contribution in [0.4, 0.5) is 5.69 Å². The number of nitrogens with zero attached hydrogens (tertiary/aromatic N) is 3. The van der Waals surface area contributed by atoms with E-state index in [0.717, 1.165) is 11.4 Å². The molecular formula is C18H18N4O2S. The highest BCUT2D eigenvalue weighted by Crippen LogP contribution is 2.19. The fourth-order valence-corrected chi connectivity index (χ4v) is 3.04. The van der Waals surface area contributed by atoms with Gasteiger partial charge >= 0.3 is 0 Å². The second-order valence-corrected chi connectivity index (χ2v) is 6.45. The van der Waals surface area contributed by atoms with Gasteiger partial charge in [0.1, 0.15) is 11.6 Å². The van der Waals surface area contributed by atoms with E-state index in [2.05, 4.69) is 15.5 Å². The number of phenols is 1. The summed E-state index contributed by atoms with van der Waals surface area (Å²) in [5, 5.41) is 21.2. The van der Waals surface area contributed by atoms with E-state index in [1.54, 1.807) is 18.2 Å². The van der Waals surface area contributed by atoms with Crippen molar-refractivity contribution < 1.29 is 9.90 Å². The molecule has 1 amide bonds. The van der Waals surface area contributed by atoms with E-state index in [1.807, 2.05) is 41.9 Å². The maximum atomic E-state index is 12.0. The number of benzene rings is 2. The summed E-state index contributed by atoms with van der Waals surface area (Å²) in [5.74, 6) is 1.02. The Morgan fingerprint density at radius 3 is 2.72 bits per heavy atom. The average Bonchev–Trinajstić information content (AvgIpc) is 2.94. The quantitative estimate of drug-likeness (QED) is 0.666. The highest BCUT2D eigenvalue weighted by atomic mass is 32.2. The van der Waals surface area contributed by atoms with Crippen molar-refractivity contribution in [3.8, 4) is 5.75 Å². The van der Waals surface area contributed by atoms with Gasteiger partial charge < -0.3 is 15.0 Å². The molecule has 128 valence electrons. The molecule has 2 N–H and O–H groups in total. The standard InChI is InChI=1S/C18H18N4O2S/c1-22-16(10-13-6-3-2-4-7-13)20-21-18(22)25-12-17(24)19-14-8-5-9-15(23)11-14/h2-9,11,23H,10,12H2,1H3,(H,19,24). The molecule has 25 heavy (non-hydrogen) atoms. The van der Waals surface area contributed by atoms with Gasteiger partial charge in [0.15, 0.2) is 5.16 Å². The lowest BCUT2D eigenvalue weighted by molar-refractivity contribution is -0.113. The number of nitrogens with one attached hydrogen (secondary N) is 1. The lowest BCUT2D eigenvalue weighted by atomic mass is 10.1. The number of anilines is 1. The zero-order valence-corrected chi connectivity index (χ0v) is 14.5. The van der Waals surface area contributed by atoms with Crippen LogP contribution in [-0.4, -0.2) is 31.5 Å². The van der Waals surface area contributed by atoms with Crippen LogP contribution in [0.1, 0.15) is 11.4 Å². The van der Waals surface area contributed by atoms with Gasteiger partial charge in [0.05, 0.1) is 5.75 Å². The summed E-state index contributed by atoms with van der Waals surface area (Å²) >= 11 is 1.32. The Morgan fingerprint density at radius 2 is 1.96 bits per heavy atom. The average molecular weight is 354 g/mol. The Kier molecular flexibility index (Phi) is 5.35. The van der Waals surface area contributed by atoms with E-state index in [0.29, 0.717) is 17.3 Å². The molecule has 0 saturated heterocycles. The fourth-order valence-electron chi connectivity index (χ4n) is 2.31. The van der Waals surface area contributed by atoms with Gasteiger partial charge in [-0.15, -0.1) is 10.2 Å². The van der Waals surface area contributed by atoms with Crippen molar-refractivity contribution >= 4 is 23.4 Å². The molecule has 6 nitrogen and oxygen atoms in total. The number of hydrogen-bond acceptors (Lipinski definition) is 5. The van der Waals surface area contributed by atoms with Crippen molar-refractivity contribution in [3.05, 3.63) is 66.0 Å². The SMILES string of the molecule is Cn1c(Cc2ccccc2)nnc1SCC(=O)Nc1cccc(O)c1. The van der Waals surface area contributed by atoms with Crippen LogP contribution in [0, 0.1) is 0 Å². The topological polar surface area (TPSA) is 80.0 Å². The van der Waals surface area contributed by atoms with Crippen LogP contribution in [0.15, 0.2) is 59.8 Å². The summed E-state index contributed by atoms with van der Waals surface area (Å²) in [6.45, 7) is 0. The smallest absolute Gasteiger partial charge is 0.234 e. The lowest BCUT2D eigenvalue weighted by Gasteiger charge is -2.06. The molecule has 0 aliphatic heterocycles. The zero-order valence-electron chi connectivity index (χ0n) is 13.7. The van der Waals surface area contributed by atoms with Crippen molar-refractivity contribution in [3.63, 3.8) is 0 Å². The molecule has 1 aromatic heterocycles. The predicted octanol–water partition coefficient (Wildman–Crippen LogP) is 2.84. The summed E-state index contributed by atoms with van der Waals surface area (Å²) in [4.78, 5) is 12.0. The summed E-state index contributed by atoms with van der Waals surface area (Å²) in [7, 11) is 1.90. The van der Waals surface area contributed by atoms with E-state index in [9.17, 15) is 9.90 Å². The second-order valence-electron chi connectivity index (χ2n) is 5.51. The van der Waals surface area contributed by atoms with Crippen molar-refractivity contribution in [2.24, 2.45) is 7.05 Å². The molecule has 0 atom stereocenters. The summed E-state index contributed by atoms with van der Waals surface area (Å²) in [5.41, 5.74) is 1.73. The Bertz CT molecular complexity index is 865. The molecule has 3 aromatic rings. The van der Waals surface area contributed by atoms with Crippen LogP contribution in [0.2, 0.25) is 0 Å². The molecule has 2 aromatic carbocycles. The normalized spacial score (nSPS) is 10.6. The number of aromatic nitrogens is 3. The number of carbonyl (C=O) groups excluding carboxylic acids is 1. The molecule has 0 aliphatic rings. The van der Waals surface area contributed by atoms with Gasteiger partial charge in [0, 0.05) is 25.2 Å². The molecule has 1 heterocycles. The Balaban J connectivity index is 1.57. The molecule has 0 bridgehead atoms. The summed E-state index contributed by atoms with van der Waals surface area (Å²) < 4.78 is 1.90. The minimum Gasteiger partial charge on any atom is -0.508 e. The highest BCUT2D eigenvalue weighted by Gasteiger charge is 2.12.